The predicted octanol–water partition coefficient (Wildman–Crippen LogP) is 4.78. The van der Waals surface area contributed by atoms with Gasteiger partial charge < -0.3 is 9.15 Å². The summed E-state index contributed by atoms with van der Waals surface area (Å²) in [4.78, 5) is 24.0. The van der Waals surface area contributed by atoms with Crippen LogP contribution >= 0.6 is 23.2 Å². The third-order valence-electron chi connectivity index (χ3n) is 3.19. The Morgan fingerprint density at radius 3 is 2.57 bits per heavy atom. The van der Waals surface area contributed by atoms with Crippen molar-refractivity contribution in [1.29, 1.82) is 0 Å². The molecule has 0 bridgehead atoms. The maximum atomic E-state index is 12.1. The van der Waals surface area contributed by atoms with Gasteiger partial charge in [0.2, 0.25) is 5.78 Å². The van der Waals surface area contributed by atoms with Crippen LogP contribution in [-0.4, -0.2) is 18.4 Å². The third-order valence-corrected chi connectivity index (χ3v) is 3.73. The summed E-state index contributed by atoms with van der Waals surface area (Å²) < 4.78 is 10.4. The van der Waals surface area contributed by atoms with E-state index in [4.69, 9.17) is 32.4 Å². The van der Waals surface area contributed by atoms with Gasteiger partial charge in [0.05, 0.1) is 10.6 Å². The Balaban J connectivity index is 1.69. The molecule has 0 saturated carbocycles. The number of halogens is 2. The first-order valence-electron chi connectivity index (χ1n) is 6.68. The molecule has 0 aliphatic rings. The van der Waals surface area contributed by atoms with Crippen molar-refractivity contribution in [1.82, 2.24) is 0 Å². The zero-order chi connectivity index (χ0) is 16.4. The van der Waals surface area contributed by atoms with E-state index < -0.39 is 18.4 Å². The second kappa shape index (κ2) is 6.44. The number of Topliss-reactive ketones (excluding diaryl/α,β-unsaturated/α-hetero) is 1. The number of carbonyl (C=O) groups excluding carboxylic acids is 2. The van der Waals surface area contributed by atoms with Gasteiger partial charge in [-0.1, -0.05) is 41.4 Å². The normalized spacial score (nSPS) is 10.7. The zero-order valence-corrected chi connectivity index (χ0v) is 13.2. The van der Waals surface area contributed by atoms with Crippen molar-refractivity contribution in [3.8, 4) is 0 Å². The summed E-state index contributed by atoms with van der Waals surface area (Å²) >= 11 is 11.7. The topological polar surface area (TPSA) is 56.5 Å². The van der Waals surface area contributed by atoms with Crippen LogP contribution in [-0.2, 0) is 4.74 Å². The number of fused-ring (bicyclic) bond motifs is 1. The minimum Gasteiger partial charge on any atom is -0.454 e. The summed E-state index contributed by atoms with van der Waals surface area (Å²) in [5, 5.41) is 1.38. The molecule has 0 N–H and O–H groups in total. The molecule has 116 valence electrons. The SMILES string of the molecule is O=C(COC(=O)c1ccc(Cl)cc1Cl)c1cc2ccccc2o1. The average Bonchev–Trinajstić information content (AvgIpc) is 2.96. The third kappa shape index (κ3) is 3.38. The van der Waals surface area contributed by atoms with Crippen LogP contribution in [0.1, 0.15) is 20.9 Å². The molecule has 0 radical (unpaired) electrons. The van der Waals surface area contributed by atoms with E-state index >= 15 is 0 Å². The predicted molar refractivity (Wildman–Crippen MR) is 87.3 cm³/mol. The average molecular weight is 349 g/mol. The lowest BCUT2D eigenvalue weighted by Gasteiger charge is -2.05. The lowest BCUT2D eigenvalue weighted by Crippen LogP contribution is -2.14. The number of rotatable bonds is 4. The second-order valence-electron chi connectivity index (χ2n) is 4.77. The number of benzene rings is 2. The summed E-state index contributed by atoms with van der Waals surface area (Å²) in [6.45, 7) is -0.433. The van der Waals surface area contributed by atoms with Crippen molar-refractivity contribution in [3.05, 3.63) is 69.9 Å². The highest BCUT2D eigenvalue weighted by molar-refractivity contribution is 6.36. The molecule has 1 heterocycles. The molecule has 0 fully saturated rings. The number of hydrogen-bond donors (Lipinski definition) is 0. The fourth-order valence-corrected chi connectivity index (χ4v) is 2.54. The number of para-hydroxylation sites is 1. The van der Waals surface area contributed by atoms with Crippen LogP contribution in [0.15, 0.2) is 52.9 Å². The first-order valence-corrected chi connectivity index (χ1v) is 7.44. The molecule has 6 heteroatoms. The van der Waals surface area contributed by atoms with Crippen molar-refractivity contribution >= 4 is 45.9 Å². The quantitative estimate of drug-likeness (QED) is 0.502. The van der Waals surface area contributed by atoms with Gasteiger partial charge in [0.15, 0.2) is 12.4 Å². The van der Waals surface area contributed by atoms with Crippen molar-refractivity contribution in [2.45, 2.75) is 0 Å². The Morgan fingerprint density at radius 1 is 1.04 bits per heavy atom. The Morgan fingerprint density at radius 2 is 1.83 bits per heavy atom. The summed E-state index contributed by atoms with van der Waals surface area (Å²) in [5.41, 5.74) is 0.747. The smallest absolute Gasteiger partial charge is 0.340 e. The maximum Gasteiger partial charge on any atom is 0.340 e. The van der Waals surface area contributed by atoms with Crippen molar-refractivity contribution in [2.24, 2.45) is 0 Å². The van der Waals surface area contributed by atoms with Gasteiger partial charge in [-0.2, -0.15) is 0 Å². The van der Waals surface area contributed by atoms with Crippen molar-refractivity contribution in [2.75, 3.05) is 6.61 Å². The fourth-order valence-electron chi connectivity index (χ4n) is 2.05. The Hall–Kier alpha value is -2.30. The molecule has 2 aromatic carbocycles. The molecule has 0 unspecified atom stereocenters. The van der Waals surface area contributed by atoms with Gasteiger partial charge in [-0.15, -0.1) is 0 Å². The zero-order valence-electron chi connectivity index (χ0n) is 11.7. The monoisotopic (exact) mass is 348 g/mol. The molecule has 3 rings (SSSR count). The highest BCUT2D eigenvalue weighted by Crippen LogP contribution is 2.22. The summed E-state index contributed by atoms with van der Waals surface area (Å²) in [7, 11) is 0. The minimum atomic E-state index is -0.698. The molecule has 0 atom stereocenters. The molecule has 0 aliphatic carbocycles. The number of esters is 1. The molecule has 23 heavy (non-hydrogen) atoms. The summed E-state index contributed by atoms with van der Waals surface area (Å²) in [5.74, 6) is -0.989. The van der Waals surface area contributed by atoms with Gasteiger partial charge in [0, 0.05) is 10.4 Å². The molecule has 4 nitrogen and oxygen atoms in total. The number of ketones is 1. The van der Waals surface area contributed by atoms with E-state index in [1.165, 1.54) is 18.2 Å². The van der Waals surface area contributed by atoms with E-state index in [9.17, 15) is 9.59 Å². The molecular weight excluding hydrogens is 339 g/mol. The van der Waals surface area contributed by atoms with E-state index in [2.05, 4.69) is 0 Å². The van der Waals surface area contributed by atoms with E-state index in [1.807, 2.05) is 18.2 Å². The Labute approximate surface area is 141 Å². The number of ether oxygens (including phenoxy) is 1. The van der Waals surface area contributed by atoms with Crippen LogP contribution in [0.25, 0.3) is 11.0 Å². The minimum absolute atomic E-state index is 0.140. The lowest BCUT2D eigenvalue weighted by molar-refractivity contribution is 0.0468. The van der Waals surface area contributed by atoms with Gasteiger partial charge in [-0.25, -0.2) is 4.79 Å². The number of carbonyl (C=O) groups is 2. The highest BCUT2D eigenvalue weighted by Gasteiger charge is 2.17. The molecule has 0 saturated heterocycles. The van der Waals surface area contributed by atoms with Gasteiger partial charge in [-0.05, 0) is 30.3 Å². The second-order valence-corrected chi connectivity index (χ2v) is 5.62. The van der Waals surface area contributed by atoms with E-state index in [0.717, 1.165) is 5.39 Å². The van der Waals surface area contributed by atoms with Crippen LogP contribution in [0.4, 0.5) is 0 Å². The standard InChI is InChI=1S/C17H10Cl2O4/c18-11-5-6-12(13(19)8-11)17(21)22-9-14(20)16-7-10-3-1-2-4-15(10)23-16/h1-8H,9H2. The van der Waals surface area contributed by atoms with Crippen molar-refractivity contribution in [3.63, 3.8) is 0 Å². The fraction of sp³-hybridized carbons (Fsp3) is 0.0588. The maximum absolute atomic E-state index is 12.1. The first-order chi connectivity index (χ1) is 11.0. The molecule has 0 amide bonds. The molecular formula is C17H10Cl2O4. The molecule has 0 aliphatic heterocycles. The summed E-state index contributed by atoms with van der Waals surface area (Å²) in [6.07, 6.45) is 0. The van der Waals surface area contributed by atoms with Crippen LogP contribution in [0.3, 0.4) is 0 Å². The van der Waals surface area contributed by atoms with Crippen LogP contribution in [0.5, 0.6) is 0 Å². The van der Waals surface area contributed by atoms with E-state index in [-0.39, 0.29) is 16.3 Å². The number of furan rings is 1. The highest BCUT2D eigenvalue weighted by atomic mass is 35.5. The van der Waals surface area contributed by atoms with Crippen LogP contribution in [0.2, 0.25) is 10.0 Å². The lowest BCUT2D eigenvalue weighted by atomic mass is 10.2. The van der Waals surface area contributed by atoms with E-state index in [0.29, 0.717) is 10.6 Å². The first kappa shape index (κ1) is 15.6. The largest absolute Gasteiger partial charge is 0.454 e. The van der Waals surface area contributed by atoms with Gasteiger partial charge >= 0.3 is 5.97 Å². The summed E-state index contributed by atoms with van der Waals surface area (Å²) in [6, 6.07) is 13.2. The van der Waals surface area contributed by atoms with Crippen LogP contribution in [0, 0.1) is 0 Å². The van der Waals surface area contributed by atoms with Crippen molar-refractivity contribution < 1.29 is 18.7 Å². The Bertz CT molecular complexity index is 865. The molecule has 1 aromatic heterocycles. The molecule has 3 aromatic rings. The van der Waals surface area contributed by atoms with Gasteiger partial charge in [0.25, 0.3) is 0 Å². The van der Waals surface area contributed by atoms with E-state index in [1.54, 1.807) is 12.1 Å². The Kier molecular flexibility index (Phi) is 4.37. The van der Waals surface area contributed by atoms with Crippen LogP contribution < -0.4 is 0 Å². The number of hydrogen-bond acceptors (Lipinski definition) is 4. The van der Waals surface area contributed by atoms with Gasteiger partial charge in [-0.3, -0.25) is 4.79 Å². The molecule has 0 spiro atoms. The van der Waals surface area contributed by atoms with Gasteiger partial charge in [0.1, 0.15) is 5.58 Å².